The van der Waals surface area contributed by atoms with Crippen molar-refractivity contribution in [2.24, 2.45) is 0 Å². The van der Waals surface area contributed by atoms with E-state index in [1.54, 1.807) is 19.2 Å². The standard InChI is InChI=1S/C20H21N3O7/c1-26-5-6-30-16-9-12-11(7-15(16)27-2)20(22-10-21-12)23-13-8-14(24)18(28-3)19(29-4)17(13)25/h7-10H,5-6H2,1-4H3,(H,21,22,23). The van der Waals surface area contributed by atoms with Crippen LogP contribution in [-0.2, 0) is 23.8 Å². The molecule has 0 radical (unpaired) electrons. The van der Waals surface area contributed by atoms with E-state index in [0.29, 0.717) is 41.4 Å². The maximum absolute atomic E-state index is 12.7. The van der Waals surface area contributed by atoms with E-state index < -0.39 is 11.6 Å². The first-order chi connectivity index (χ1) is 14.5. The fourth-order valence-electron chi connectivity index (χ4n) is 2.87. The number of allylic oxidation sites excluding steroid dienone is 1. The Balaban J connectivity index is 1.97. The molecule has 2 aromatic rings. The lowest BCUT2D eigenvalue weighted by Gasteiger charge is -2.18. The van der Waals surface area contributed by atoms with Gasteiger partial charge in [-0.2, -0.15) is 0 Å². The van der Waals surface area contributed by atoms with Crippen LogP contribution in [0.1, 0.15) is 0 Å². The Morgan fingerprint density at radius 1 is 0.900 bits per heavy atom. The highest BCUT2D eigenvalue weighted by molar-refractivity contribution is 6.22. The third-order valence-corrected chi connectivity index (χ3v) is 4.28. The molecule has 0 spiro atoms. The molecule has 0 saturated carbocycles. The summed E-state index contributed by atoms with van der Waals surface area (Å²) in [7, 11) is 5.67. The molecule has 0 unspecified atom stereocenters. The molecule has 0 bridgehead atoms. The highest BCUT2D eigenvalue weighted by Gasteiger charge is 2.31. The van der Waals surface area contributed by atoms with Crippen LogP contribution in [0.2, 0.25) is 0 Å². The van der Waals surface area contributed by atoms with E-state index >= 15 is 0 Å². The number of ketones is 2. The van der Waals surface area contributed by atoms with E-state index in [1.807, 2.05) is 0 Å². The number of anilines is 1. The van der Waals surface area contributed by atoms with Gasteiger partial charge in [-0.25, -0.2) is 9.97 Å². The van der Waals surface area contributed by atoms with Gasteiger partial charge in [0.05, 0.1) is 39.2 Å². The average Bonchev–Trinajstić information content (AvgIpc) is 2.75. The average molecular weight is 415 g/mol. The van der Waals surface area contributed by atoms with E-state index in [9.17, 15) is 9.59 Å². The molecule has 0 saturated heterocycles. The van der Waals surface area contributed by atoms with Crippen molar-refractivity contribution in [3.05, 3.63) is 41.8 Å². The third kappa shape index (κ3) is 4.03. The SMILES string of the molecule is COCCOc1cc2ncnc(NC3=CC(=O)C(OC)=C(OC)C3=O)c2cc1OC. The van der Waals surface area contributed by atoms with Crippen LogP contribution in [-0.4, -0.2) is 63.2 Å². The summed E-state index contributed by atoms with van der Waals surface area (Å²) in [5.41, 5.74) is 0.549. The molecule has 1 heterocycles. The molecule has 1 aliphatic carbocycles. The Labute approximate surface area is 172 Å². The van der Waals surface area contributed by atoms with Crippen LogP contribution < -0.4 is 14.8 Å². The maximum atomic E-state index is 12.7. The number of nitrogens with zero attached hydrogens (tertiary/aromatic N) is 2. The van der Waals surface area contributed by atoms with Crippen LogP contribution in [0.25, 0.3) is 10.9 Å². The van der Waals surface area contributed by atoms with Gasteiger partial charge in [0.1, 0.15) is 18.8 Å². The van der Waals surface area contributed by atoms with E-state index in [0.717, 1.165) is 6.08 Å². The number of Topliss-reactive ketones (excluding diaryl/α,β-unsaturated/α-hetero) is 1. The molecule has 1 aromatic carbocycles. The first kappa shape index (κ1) is 21.1. The second-order valence-corrected chi connectivity index (χ2v) is 6.03. The Kier molecular flexibility index (Phi) is 6.48. The Hall–Kier alpha value is -3.66. The summed E-state index contributed by atoms with van der Waals surface area (Å²) < 4.78 is 26.1. The van der Waals surface area contributed by atoms with Crippen LogP contribution in [0.3, 0.4) is 0 Å². The minimum absolute atomic E-state index is 0.00274. The smallest absolute Gasteiger partial charge is 0.247 e. The molecule has 0 atom stereocenters. The lowest BCUT2D eigenvalue weighted by molar-refractivity contribution is -0.120. The predicted octanol–water partition coefficient (Wildman–Crippen LogP) is 1.62. The van der Waals surface area contributed by atoms with Crippen molar-refractivity contribution in [2.45, 2.75) is 0 Å². The number of benzene rings is 1. The summed E-state index contributed by atoms with van der Waals surface area (Å²) in [4.78, 5) is 33.4. The lowest BCUT2D eigenvalue weighted by atomic mass is 10.1. The number of aromatic nitrogens is 2. The summed E-state index contributed by atoms with van der Waals surface area (Å²) in [5, 5.41) is 3.45. The van der Waals surface area contributed by atoms with Crippen LogP contribution in [0.5, 0.6) is 11.5 Å². The number of rotatable bonds is 9. The van der Waals surface area contributed by atoms with Crippen LogP contribution in [0.4, 0.5) is 5.82 Å². The summed E-state index contributed by atoms with van der Waals surface area (Å²) >= 11 is 0. The molecule has 1 N–H and O–H groups in total. The summed E-state index contributed by atoms with van der Waals surface area (Å²) in [6, 6.07) is 3.38. The van der Waals surface area contributed by atoms with Gasteiger partial charge in [-0.05, 0) is 6.07 Å². The van der Waals surface area contributed by atoms with Crippen LogP contribution in [0, 0.1) is 0 Å². The zero-order valence-electron chi connectivity index (χ0n) is 17.0. The molecule has 0 amide bonds. The molecule has 3 rings (SSSR count). The first-order valence-corrected chi connectivity index (χ1v) is 8.88. The van der Waals surface area contributed by atoms with Gasteiger partial charge in [0.2, 0.25) is 23.1 Å². The monoisotopic (exact) mass is 415 g/mol. The largest absolute Gasteiger partial charge is 0.493 e. The van der Waals surface area contributed by atoms with E-state index in [2.05, 4.69) is 15.3 Å². The Morgan fingerprint density at radius 2 is 1.67 bits per heavy atom. The number of hydrogen-bond donors (Lipinski definition) is 1. The van der Waals surface area contributed by atoms with Crippen LogP contribution >= 0.6 is 0 Å². The number of ether oxygens (including phenoxy) is 5. The summed E-state index contributed by atoms with van der Waals surface area (Å²) in [6.45, 7) is 0.757. The fourth-order valence-corrected chi connectivity index (χ4v) is 2.87. The second kappa shape index (κ2) is 9.23. The van der Waals surface area contributed by atoms with Gasteiger partial charge in [-0.1, -0.05) is 0 Å². The number of fused-ring (bicyclic) bond motifs is 1. The molecule has 0 aliphatic heterocycles. The van der Waals surface area contributed by atoms with Crippen molar-refractivity contribution in [1.29, 1.82) is 0 Å². The molecule has 0 fully saturated rings. The lowest BCUT2D eigenvalue weighted by Crippen LogP contribution is -2.25. The quantitative estimate of drug-likeness (QED) is 0.478. The molecule has 10 heteroatoms. The highest BCUT2D eigenvalue weighted by Crippen LogP contribution is 2.34. The number of carbonyl (C=O) groups is 2. The van der Waals surface area contributed by atoms with Crippen molar-refractivity contribution in [3.63, 3.8) is 0 Å². The predicted molar refractivity (Wildman–Crippen MR) is 106 cm³/mol. The van der Waals surface area contributed by atoms with Crippen molar-refractivity contribution >= 4 is 28.3 Å². The number of nitrogens with one attached hydrogen (secondary N) is 1. The van der Waals surface area contributed by atoms with Gasteiger partial charge < -0.3 is 29.0 Å². The molecule has 1 aromatic heterocycles. The number of methoxy groups -OCH3 is 4. The highest BCUT2D eigenvalue weighted by atomic mass is 16.5. The minimum Gasteiger partial charge on any atom is -0.493 e. The normalized spacial score (nSPS) is 13.9. The Bertz CT molecular complexity index is 1050. The zero-order chi connectivity index (χ0) is 21.7. The van der Waals surface area contributed by atoms with Gasteiger partial charge in [0.15, 0.2) is 11.5 Å². The number of hydrogen-bond acceptors (Lipinski definition) is 10. The molecule has 158 valence electrons. The van der Waals surface area contributed by atoms with Crippen LogP contribution in [0.15, 0.2) is 41.8 Å². The van der Waals surface area contributed by atoms with E-state index in [4.69, 9.17) is 23.7 Å². The van der Waals surface area contributed by atoms with Gasteiger partial charge in [0.25, 0.3) is 0 Å². The molecular formula is C20H21N3O7. The van der Waals surface area contributed by atoms with E-state index in [-0.39, 0.29) is 17.2 Å². The van der Waals surface area contributed by atoms with Gasteiger partial charge in [-0.15, -0.1) is 0 Å². The van der Waals surface area contributed by atoms with Crippen molar-refractivity contribution in [3.8, 4) is 11.5 Å². The van der Waals surface area contributed by atoms with E-state index in [1.165, 1.54) is 27.7 Å². The third-order valence-electron chi connectivity index (χ3n) is 4.28. The van der Waals surface area contributed by atoms with Gasteiger partial charge in [0, 0.05) is 24.6 Å². The second-order valence-electron chi connectivity index (χ2n) is 6.03. The van der Waals surface area contributed by atoms with Crippen molar-refractivity contribution in [1.82, 2.24) is 9.97 Å². The topological polar surface area (TPSA) is 118 Å². The first-order valence-electron chi connectivity index (χ1n) is 8.88. The number of carbonyl (C=O) groups excluding carboxylic acids is 2. The molecule has 30 heavy (non-hydrogen) atoms. The fraction of sp³-hybridized carbons (Fsp3) is 0.300. The van der Waals surface area contributed by atoms with Crippen molar-refractivity contribution in [2.75, 3.05) is 47.0 Å². The van der Waals surface area contributed by atoms with Gasteiger partial charge >= 0.3 is 0 Å². The zero-order valence-corrected chi connectivity index (χ0v) is 17.0. The van der Waals surface area contributed by atoms with Crippen molar-refractivity contribution < 1.29 is 33.3 Å². The molecular weight excluding hydrogens is 394 g/mol. The minimum atomic E-state index is -0.535. The Morgan fingerprint density at radius 3 is 2.33 bits per heavy atom. The molecule has 10 nitrogen and oxygen atoms in total. The maximum Gasteiger partial charge on any atom is 0.247 e. The molecule has 1 aliphatic rings. The summed E-state index contributed by atoms with van der Waals surface area (Å²) in [5.74, 6) is -0.115. The van der Waals surface area contributed by atoms with Gasteiger partial charge in [-0.3, -0.25) is 9.59 Å². The summed E-state index contributed by atoms with van der Waals surface area (Å²) in [6.07, 6.45) is 2.47.